The van der Waals surface area contributed by atoms with Gasteiger partial charge in [-0.1, -0.05) is 0 Å². The second-order valence-electron chi connectivity index (χ2n) is 0.962. The normalized spacial score (nSPS) is 4.44. The molecule has 0 aliphatic carbocycles. The Bertz CT molecular complexity index is 61.0. The number of hydrogen-bond acceptors (Lipinski definition) is 0. The second-order valence-corrected chi connectivity index (χ2v) is 0.962. The Morgan fingerprint density at radius 3 is 1.22 bits per heavy atom. The van der Waals surface area contributed by atoms with Crippen LogP contribution >= 0.6 is 0 Å². The molecule has 0 N–H and O–H groups in total. The topological polar surface area (TPSA) is 0 Å². The summed E-state index contributed by atoms with van der Waals surface area (Å²) in [6, 6.07) is 10.0. The smallest absolute Gasteiger partial charge is 0 e. The summed E-state index contributed by atoms with van der Waals surface area (Å²) < 4.78 is 0. The zero-order chi connectivity index (χ0) is 3.54. The van der Waals surface area contributed by atoms with Crippen LogP contribution in [0.25, 0.3) is 0 Å². The maximum atomic E-state index is 2.00. The molecule has 0 unspecified atom stereocenters. The van der Waals surface area contributed by atoms with Gasteiger partial charge in [0.15, 0.2) is 0 Å². The van der Waals surface area contributed by atoms with Crippen LogP contribution in [0.4, 0.5) is 0 Å². The minimum atomic E-state index is 0. The Kier molecular flexibility index (Phi) is 40.1. The van der Waals surface area contributed by atoms with Crippen molar-refractivity contribution in [3.63, 3.8) is 0 Å². The molecule has 1 aromatic rings. The molecule has 0 heterocycles. The van der Waals surface area contributed by atoms with Crippen molar-refractivity contribution in [1.29, 1.82) is 0 Å². The van der Waals surface area contributed by atoms with Crippen LogP contribution in [0, 0.1) is 22.3 Å². The van der Waals surface area contributed by atoms with Crippen molar-refractivity contribution < 1.29 is 20.1 Å². The van der Waals surface area contributed by atoms with Gasteiger partial charge in [0, 0.05) is 20.1 Å². The van der Waals surface area contributed by atoms with E-state index in [-0.39, 0.29) is 42.4 Å². The Morgan fingerprint density at radius 2 is 1.11 bits per heavy atom. The number of hydrogen-bond donors (Lipinski definition) is 0. The predicted octanol–water partition coefficient (Wildman–Crippen LogP) is 2.75. The van der Waals surface area contributed by atoms with E-state index in [1.165, 1.54) is 0 Å². The van der Waals surface area contributed by atoms with Crippen LogP contribution in [0.2, 0.25) is 0 Å². The molecule has 0 aliphatic rings. The monoisotopic (exact) mass is 303 g/mol. The molecule has 1 heteroatoms. The summed E-state index contributed by atoms with van der Waals surface area (Å²) in [5.74, 6) is 0. The van der Waals surface area contributed by atoms with Crippen molar-refractivity contribution in [2.24, 2.45) is 0 Å². The second kappa shape index (κ2) is 15.7. The van der Waals surface area contributed by atoms with E-state index in [1.807, 2.05) is 30.3 Å². The molecule has 1 rings (SSSR count). The first kappa shape index (κ1) is 23.0. The fourth-order valence-corrected chi connectivity index (χ4v) is 0.321. The van der Waals surface area contributed by atoms with Gasteiger partial charge in [-0.2, -0.15) is 18.2 Å². The van der Waals surface area contributed by atoms with Crippen molar-refractivity contribution >= 4 is 0 Å². The van der Waals surface area contributed by atoms with E-state index in [0.717, 1.165) is 0 Å². The van der Waals surface area contributed by atoms with E-state index in [0.29, 0.717) is 0 Å². The maximum Gasteiger partial charge on any atom is 0 e. The summed E-state index contributed by atoms with van der Waals surface area (Å²) in [4.78, 5) is 0. The third kappa shape index (κ3) is 11.5. The van der Waals surface area contributed by atoms with Gasteiger partial charge < -0.3 is 22.3 Å². The molecular weight excluding hydrogens is 288 g/mol. The molecule has 0 saturated carbocycles. The molecule has 1 radical (unpaired) electrons. The first-order valence-corrected chi connectivity index (χ1v) is 1.67. The fourth-order valence-electron chi connectivity index (χ4n) is 0.321. The van der Waals surface area contributed by atoms with Crippen molar-refractivity contribution in [2.75, 3.05) is 0 Å². The van der Waals surface area contributed by atoms with Crippen molar-refractivity contribution in [3.8, 4) is 0 Å². The Balaban J connectivity index is -0.0000000312. The molecule has 0 amide bonds. The average Bonchev–Trinajstić information content (AvgIpc) is 1.76. The average molecular weight is 302 g/mol. The van der Waals surface area contributed by atoms with Gasteiger partial charge in [-0.05, 0) is 0 Å². The Labute approximate surface area is 73.0 Å². The summed E-state index contributed by atoms with van der Waals surface area (Å²) >= 11 is 0. The van der Waals surface area contributed by atoms with Crippen LogP contribution in [-0.4, -0.2) is 0 Å². The molecular formula is C8H14Ir-4. The Hall–Kier alpha value is -0.000649. The predicted molar refractivity (Wildman–Crippen MR) is 41.3 cm³/mol. The van der Waals surface area contributed by atoms with E-state index >= 15 is 0 Å². The first-order chi connectivity index (χ1) is 2.50. The molecule has 1 aromatic carbocycles. The van der Waals surface area contributed by atoms with Crippen LogP contribution in [0.1, 0.15) is 0 Å². The van der Waals surface area contributed by atoms with E-state index in [1.54, 1.807) is 0 Å². The van der Waals surface area contributed by atoms with Crippen LogP contribution in [0.15, 0.2) is 30.3 Å². The number of rotatable bonds is 0. The minimum absolute atomic E-state index is 0. The molecule has 0 nitrogen and oxygen atoms in total. The maximum absolute atomic E-state index is 2.00. The minimum Gasteiger partial charge on any atom is -0.358 e. The summed E-state index contributed by atoms with van der Waals surface area (Å²) in [5, 5.41) is 0. The van der Waals surface area contributed by atoms with Gasteiger partial charge in [-0.15, -0.1) is 0 Å². The summed E-state index contributed by atoms with van der Waals surface area (Å²) in [7, 11) is 0. The fraction of sp³-hybridized carbons (Fsp3) is 0. The standard InChI is InChI=1S/C5H5.3CH3.Ir/c1-2-4-5-3-1;;;;/h1-5H;3*1H3;/q4*-1;. The van der Waals surface area contributed by atoms with Gasteiger partial charge in [0.2, 0.25) is 0 Å². The van der Waals surface area contributed by atoms with Gasteiger partial charge in [0.1, 0.15) is 0 Å². The van der Waals surface area contributed by atoms with E-state index in [4.69, 9.17) is 0 Å². The quantitative estimate of drug-likeness (QED) is 0.647. The van der Waals surface area contributed by atoms with Crippen molar-refractivity contribution in [1.82, 2.24) is 0 Å². The molecule has 59 valence electrons. The molecule has 0 atom stereocenters. The summed E-state index contributed by atoms with van der Waals surface area (Å²) in [5.41, 5.74) is 0. The SMILES string of the molecule is [CH3-].[CH3-].[CH3-].[Ir].c1cc[cH-]c1. The van der Waals surface area contributed by atoms with Gasteiger partial charge in [-0.25, -0.2) is 12.1 Å². The summed E-state index contributed by atoms with van der Waals surface area (Å²) in [6.07, 6.45) is 0. The van der Waals surface area contributed by atoms with Crippen molar-refractivity contribution in [2.45, 2.75) is 0 Å². The zero-order valence-corrected chi connectivity index (χ0v) is 8.62. The zero-order valence-electron chi connectivity index (χ0n) is 6.22. The van der Waals surface area contributed by atoms with Crippen LogP contribution in [0.5, 0.6) is 0 Å². The van der Waals surface area contributed by atoms with Crippen LogP contribution in [-0.2, 0) is 20.1 Å². The molecule has 9 heavy (non-hydrogen) atoms. The van der Waals surface area contributed by atoms with Gasteiger partial charge in [-0.3, -0.25) is 0 Å². The third-order valence-corrected chi connectivity index (χ3v) is 0.556. The molecule has 0 bridgehead atoms. The van der Waals surface area contributed by atoms with Gasteiger partial charge >= 0.3 is 0 Å². The van der Waals surface area contributed by atoms with Gasteiger partial charge in [0.25, 0.3) is 0 Å². The van der Waals surface area contributed by atoms with Crippen LogP contribution in [0.3, 0.4) is 0 Å². The van der Waals surface area contributed by atoms with Gasteiger partial charge in [0.05, 0.1) is 0 Å². The van der Waals surface area contributed by atoms with Crippen molar-refractivity contribution in [3.05, 3.63) is 52.6 Å². The molecule has 0 aromatic heterocycles. The first-order valence-electron chi connectivity index (χ1n) is 1.67. The van der Waals surface area contributed by atoms with E-state index in [9.17, 15) is 0 Å². The summed E-state index contributed by atoms with van der Waals surface area (Å²) in [6.45, 7) is 0. The molecule has 0 aliphatic heterocycles. The van der Waals surface area contributed by atoms with E-state index < -0.39 is 0 Å². The molecule has 0 spiro atoms. The van der Waals surface area contributed by atoms with Crippen LogP contribution < -0.4 is 0 Å². The molecule has 0 fully saturated rings. The molecule has 0 saturated heterocycles. The van der Waals surface area contributed by atoms with E-state index in [2.05, 4.69) is 0 Å². The largest absolute Gasteiger partial charge is 0.358 e. The third-order valence-electron chi connectivity index (χ3n) is 0.556. The Morgan fingerprint density at radius 1 is 0.778 bits per heavy atom.